The van der Waals surface area contributed by atoms with E-state index < -0.39 is 5.41 Å². The van der Waals surface area contributed by atoms with Gasteiger partial charge in [0, 0.05) is 42.0 Å². The molecule has 5 heteroatoms. The molecule has 1 amide bonds. The first-order chi connectivity index (χ1) is 10.6. The summed E-state index contributed by atoms with van der Waals surface area (Å²) in [6.07, 6.45) is 6.12. The maximum Gasteiger partial charge on any atom is 0.209 e. The molecular formula is C17H17NO4. The predicted molar refractivity (Wildman–Crippen MR) is 76.8 cm³/mol. The molecule has 0 spiro atoms. The average Bonchev–Trinajstić information content (AvgIpc) is 2.50. The molecular weight excluding hydrogens is 282 g/mol. The van der Waals surface area contributed by atoms with Crippen molar-refractivity contribution in [2.24, 2.45) is 11.3 Å². The Labute approximate surface area is 128 Å². The van der Waals surface area contributed by atoms with Gasteiger partial charge in [-0.2, -0.15) is 0 Å². The summed E-state index contributed by atoms with van der Waals surface area (Å²) in [4.78, 5) is 50.0. The lowest BCUT2D eigenvalue weighted by molar-refractivity contribution is -0.138. The highest BCUT2D eigenvalue weighted by atomic mass is 16.1. The highest BCUT2D eigenvalue weighted by molar-refractivity contribution is 6.21. The number of piperidine rings is 1. The summed E-state index contributed by atoms with van der Waals surface area (Å²) in [6.45, 7) is 0.555. The zero-order valence-electron chi connectivity index (χ0n) is 12.2. The van der Waals surface area contributed by atoms with Gasteiger partial charge < -0.3 is 4.90 Å². The van der Waals surface area contributed by atoms with Crippen LogP contribution in [0.5, 0.6) is 0 Å². The van der Waals surface area contributed by atoms with Crippen LogP contribution < -0.4 is 0 Å². The van der Waals surface area contributed by atoms with Crippen LogP contribution in [0.15, 0.2) is 23.3 Å². The van der Waals surface area contributed by atoms with Gasteiger partial charge in [0.15, 0.2) is 11.6 Å². The normalized spacial score (nSPS) is 37.1. The van der Waals surface area contributed by atoms with E-state index in [-0.39, 0.29) is 29.3 Å². The largest absolute Gasteiger partial charge is 0.342 e. The van der Waals surface area contributed by atoms with Gasteiger partial charge in [-0.3, -0.25) is 19.2 Å². The zero-order valence-corrected chi connectivity index (χ0v) is 12.2. The standard InChI is InChI=1S/C17H17NO4/c19-9-18-6-5-17-8-10(20)1-2-12(17)13(18)7-11-14(21)3-4-15(22)16(11)17/h3-4,9,12-13H,1-2,5-8H2/t12-,13+,17-/m0/s1. The van der Waals surface area contributed by atoms with Crippen molar-refractivity contribution in [3.05, 3.63) is 23.3 Å². The molecule has 1 aliphatic heterocycles. The third-order valence-electron chi connectivity index (χ3n) is 5.94. The molecule has 0 N–H and O–H groups in total. The number of allylic oxidation sites excluding steroid dienone is 3. The van der Waals surface area contributed by atoms with Crippen molar-refractivity contribution in [3.63, 3.8) is 0 Å². The minimum absolute atomic E-state index is 0.0543. The Morgan fingerprint density at radius 1 is 1.18 bits per heavy atom. The lowest BCUT2D eigenvalue weighted by Gasteiger charge is -2.58. The number of nitrogens with zero attached hydrogens (tertiary/aromatic N) is 1. The van der Waals surface area contributed by atoms with Gasteiger partial charge in [0.2, 0.25) is 6.41 Å². The van der Waals surface area contributed by atoms with E-state index in [1.807, 2.05) is 0 Å². The molecule has 1 saturated carbocycles. The number of hydrogen-bond acceptors (Lipinski definition) is 4. The summed E-state index contributed by atoms with van der Waals surface area (Å²) in [5.74, 6) is 0.0276. The molecule has 0 aromatic heterocycles. The number of hydrogen-bond donors (Lipinski definition) is 0. The van der Waals surface area contributed by atoms with Gasteiger partial charge >= 0.3 is 0 Å². The number of rotatable bonds is 1. The third-order valence-corrected chi connectivity index (χ3v) is 5.94. The molecule has 3 atom stereocenters. The molecule has 0 unspecified atom stereocenters. The predicted octanol–water partition coefficient (Wildman–Crippen LogP) is 0.981. The maximum absolute atomic E-state index is 12.5. The van der Waals surface area contributed by atoms with E-state index in [2.05, 4.69) is 0 Å². The van der Waals surface area contributed by atoms with Crippen molar-refractivity contribution in [2.75, 3.05) is 6.54 Å². The van der Waals surface area contributed by atoms with Gasteiger partial charge in [-0.05, 0) is 37.3 Å². The van der Waals surface area contributed by atoms with E-state index in [9.17, 15) is 19.2 Å². The molecule has 5 nitrogen and oxygen atoms in total. The first kappa shape index (κ1) is 13.6. The van der Waals surface area contributed by atoms with Crippen LogP contribution in [0, 0.1) is 11.3 Å². The van der Waals surface area contributed by atoms with Crippen LogP contribution in [-0.4, -0.2) is 41.2 Å². The van der Waals surface area contributed by atoms with Crippen LogP contribution in [0.4, 0.5) is 0 Å². The quantitative estimate of drug-likeness (QED) is 0.534. The SMILES string of the molecule is O=CN1CC[C@]23CC(=O)CC[C@H]2[C@H]1CC1=C3C(=O)C=CC1=O. The summed E-state index contributed by atoms with van der Waals surface area (Å²) < 4.78 is 0. The van der Waals surface area contributed by atoms with Crippen LogP contribution in [0.3, 0.4) is 0 Å². The van der Waals surface area contributed by atoms with Gasteiger partial charge in [-0.15, -0.1) is 0 Å². The highest BCUT2D eigenvalue weighted by Gasteiger charge is 2.58. The van der Waals surface area contributed by atoms with E-state index >= 15 is 0 Å². The molecule has 4 aliphatic rings. The Hall–Kier alpha value is -2.04. The van der Waals surface area contributed by atoms with Gasteiger partial charge in [0.1, 0.15) is 5.78 Å². The van der Waals surface area contributed by atoms with Crippen molar-refractivity contribution in [1.82, 2.24) is 4.90 Å². The van der Waals surface area contributed by atoms with E-state index in [1.165, 1.54) is 12.2 Å². The number of ketones is 3. The molecule has 0 aromatic rings. The van der Waals surface area contributed by atoms with E-state index in [0.29, 0.717) is 49.8 Å². The summed E-state index contributed by atoms with van der Waals surface area (Å²) in [5, 5.41) is 0. The van der Waals surface area contributed by atoms with Crippen molar-refractivity contribution in [2.45, 2.75) is 38.1 Å². The fourth-order valence-corrected chi connectivity index (χ4v) is 5.08. The molecule has 0 radical (unpaired) electrons. The Balaban J connectivity index is 1.92. The van der Waals surface area contributed by atoms with E-state index in [4.69, 9.17) is 0 Å². The van der Waals surface area contributed by atoms with E-state index in [0.717, 1.165) is 6.41 Å². The van der Waals surface area contributed by atoms with Gasteiger partial charge in [-0.25, -0.2) is 0 Å². The lowest BCUT2D eigenvalue weighted by atomic mass is 9.50. The second-order valence-electron chi connectivity index (χ2n) is 6.80. The van der Waals surface area contributed by atoms with Crippen LogP contribution in [0.25, 0.3) is 0 Å². The fourth-order valence-electron chi connectivity index (χ4n) is 5.08. The molecule has 1 saturated heterocycles. The maximum atomic E-state index is 12.5. The number of Topliss-reactive ketones (excluding diaryl/α,β-unsaturated/α-hetero) is 1. The van der Waals surface area contributed by atoms with Crippen LogP contribution >= 0.6 is 0 Å². The monoisotopic (exact) mass is 299 g/mol. The summed E-state index contributed by atoms with van der Waals surface area (Å²) >= 11 is 0. The minimum atomic E-state index is -0.523. The summed E-state index contributed by atoms with van der Waals surface area (Å²) in [5.41, 5.74) is 0.597. The highest BCUT2D eigenvalue weighted by Crippen LogP contribution is 2.58. The number of carbonyl (C=O) groups excluding carboxylic acids is 4. The van der Waals surface area contributed by atoms with E-state index in [1.54, 1.807) is 4.90 Å². The minimum Gasteiger partial charge on any atom is -0.342 e. The Morgan fingerprint density at radius 2 is 1.95 bits per heavy atom. The zero-order chi connectivity index (χ0) is 15.5. The number of carbonyl (C=O) groups is 4. The fraction of sp³-hybridized carbons (Fsp3) is 0.529. The van der Waals surface area contributed by atoms with Crippen molar-refractivity contribution >= 4 is 23.8 Å². The molecule has 2 bridgehead atoms. The third kappa shape index (κ3) is 1.59. The van der Waals surface area contributed by atoms with Crippen molar-refractivity contribution in [1.29, 1.82) is 0 Å². The molecule has 4 rings (SSSR count). The topological polar surface area (TPSA) is 71.5 Å². The lowest BCUT2D eigenvalue weighted by Crippen LogP contribution is -2.60. The van der Waals surface area contributed by atoms with Gasteiger partial charge in [0.25, 0.3) is 0 Å². The smallest absolute Gasteiger partial charge is 0.209 e. The second kappa shape index (κ2) is 4.48. The Bertz CT molecular complexity index is 674. The van der Waals surface area contributed by atoms with Crippen LogP contribution in [-0.2, 0) is 19.2 Å². The molecule has 1 heterocycles. The second-order valence-corrected chi connectivity index (χ2v) is 6.80. The average molecular weight is 299 g/mol. The first-order valence-electron chi connectivity index (χ1n) is 7.80. The Kier molecular flexibility index (Phi) is 2.77. The molecule has 22 heavy (non-hydrogen) atoms. The number of amides is 1. The van der Waals surface area contributed by atoms with Gasteiger partial charge in [0.05, 0.1) is 0 Å². The summed E-state index contributed by atoms with van der Waals surface area (Å²) in [6, 6.07) is -0.0543. The summed E-state index contributed by atoms with van der Waals surface area (Å²) in [7, 11) is 0. The molecule has 3 aliphatic carbocycles. The molecule has 0 aromatic carbocycles. The Morgan fingerprint density at radius 3 is 2.73 bits per heavy atom. The molecule has 114 valence electrons. The molecule has 2 fully saturated rings. The van der Waals surface area contributed by atoms with Gasteiger partial charge in [-0.1, -0.05) is 0 Å². The van der Waals surface area contributed by atoms with Crippen molar-refractivity contribution in [3.8, 4) is 0 Å². The first-order valence-corrected chi connectivity index (χ1v) is 7.80. The van der Waals surface area contributed by atoms with Crippen molar-refractivity contribution < 1.29 is 19.2 Å². The number of likely N-dealkylation sites (tertiary alicyclic amines) is 1. The van der Waals surface area contributed by atoms with Crippen LogP contribution in [0.2, 0.25) is 0 Å². The van der Waals surface area contributed by atoms with Crippen LogP contribution in [0.1, 0.15) is 32.1 Å².